The minimum absolute atomic E-state index is 0.982. The molecule has 0 saturated carbocycles. The summed E-state index contributed by atoms with van der Waals surface area (Å²) in [6, 6.07) is 16.0. The first kappa shape index (κ1) is 11.4. The van der Waals surface area contributed by atoms with Crippen LogP contribution in [0.4, 0.5) is 0 Å². The molecule has 0 aromatic heterocycles. The zero-order chi connectivity index (χ0) is 11.4. The number of hydrogen-bond donors (Lipinski definition) is 2. The van der Waals surface area contributed by atoms with Crippen LogP contribution in [0.2, 0.25) is 0 Å². The van der Waals surface area contributed by atoms with E-state index in [2.05, 4.69) is 37.4 Å². The van der Waals surface area contributed by atoms with Crippen LogP contribution in [0.1, 0.15) is 11.1 Å². The van der Waals surface area contributed by atoms with E-state index in [0.717, 1.165) is 20.9 Å². The summed E-state index contributed by atoms with van der Waals surface area (Å²) in [5, 5.41) is 0. The molecule has 0 radical (unpaired) electrons. The highest BCUT2D eigenvalue weighted by molar-refractivity contribution is 7.80. The molecule has 0 heterocycles. The normalized spacial score (nSPS) is 10.9. The first-order valence-electron chi connectivity index (χ1n) is 5.01. The van der Waals surface area contributed by atoms with Gasteiger partial charge in [-0.15, -0.1) is 25.3 Å². The summed E-state index contributed by atoms with van der Waals surface area (Å²) in [5.41, 5.74) is 2.23. The Morgan fingerprint density at radius 1 is 0.625 bits per heavy atom. The summed E-state index contributed by atoms with van der Waals surface area (Å²) >= 11 is 8.80. The zero-order valence-corrected chi connectivity index (χ0v) is 10.5. The average Bonchev–Trinajstić information content (AvgIpc) is 2.30. The molecule has 0 spiro atoms. The van der Waals surface area contributed by atoms with E-state index in [4.69, 9.17) is 0 Å². The predicted molar refractivity (Wildman–Crippen MR) is 76.3 cm³/mol. The summed E-state index contributed by atoms with van der Waals surface area (Å²) in [6.07, 6.45) is 4.11. The second kappa shape index (κ2) is 5.28. The van der Waals surface area contributed by atoms with Crippen molar-refractivity contribution in [2.45, 2.75) is 9.79 Å². The number of benzene rings is 2. The summed E-state index contributed by atoms with van der Waals surface area (Å²) in [4.78, 5) is 1.96. The Labute approximate surface area is 107 Å². The van der Waals surface area contributed by atoms with E-state index in [0.29, 0.717) is 0 Å². The fourth-order valence-electron chi connectivity index (χ4n) is 1.44. The van der Waals surface area contributed by atoms with Gasteiger partial charge in [-0.05, 0) is 23.3 Å². The molecule has 0 aliphatic heterocycles. The van der Waals surface area contributed by atoms with Crippen molar-refractivity contribution < 1.29 is 0 Å². The van der Waals surface area contributed by atoms with Crippen LogP contribution in [0.25, 0.3) is 12.2 Å². The van der Waals surface area contributed by atoms with E-state index in [1.165, 1.54) is 0 Å². The maximum Gasteiger partial charge on any atom is 0.0113 e. The Bertz CT molecular complexity index is 468. The van der Waals surface area contributed by atoms with Crippen LogP contribution < -0.4 is 0 Å². The van der Waals surface area contributed by atoms with Crippen molar-refractivity contribution >= 4 is 37.4 Å². The fraction of sp³-hybridized carbons (Fsp3) is 0. The van der Waals surface area contributed by atoms with Crippen LogP contribution in [0, 0.1) is 0 Å². The van der Waals surface area contributed by atoms with Crippen molar-refractivity contribution in [3.8, 4) is 0 Å². The first-order valence-corrected chi connectivity index (χ1v) is 5.91. The molecule has 2 rings (SSSR count). The summed E-state index contributed by atoms with van der Waals surface area (Å²) in [6.45, 7) is 0. The van der Waals surface area contributed by atoms with Gasteiger partial charge in [0.1, 0.15) is 0 Å². The van der Waals surface area contributed by atoms with Gasteiger partial charge in [-0.2, -0.15) is 0 Å². The Morgan fingerprint density at radius 3 is 1.38 bits per heavy atom. The van der Waals surface area contributed by atoms with Gasteiger partial charge in [0.25, 0.3) is 0 Å². The lowest BCUT2D eigenvalue weighted by Gasteiger charge is -2.00. The third kappa shape index (κ3) is 2.71. The average molecular weight is 244 g/mol. The highest BCUT2D eigenvalue weighted by Gasteiger charge is 1.94. The molecule has 0 N–H and O–H groups in total. The molecule has 0 atom stereocenters. The first-order chi connectivity index (χ1) is 7.77. The van der Waals surface area contributed by atoms with E-state index < -0.39 is 0 Å². The van der Waals surface area contributed by atoms with Crippen molar-refractivity contribution in [3.63, 3.8) is 0 Å². The lowest BCUT2D eigenvalue weighted by molar-refractivity contribution is 1.42. The standard InChI is InChI=1S/C14H12S2/c15-13-7-3-1-5-11(13)9-10-12-6-2-4-8-14(12)16/h1-10,15-16H. The molecule has 0 aliphatic rings. The largest absolute Gasteiger partial charge is 0.143 e. The van der Waals surface area contributed by atoms with Gasteiger partial charge in [-0.3, -0.25) is 0 Å². The van der Waals surface area contributed by atoms with Crippen molar-refractivity contribution in [3.05, 3.63) is 59.7 Å². The van der Waals surface area contributed by atoms with E-state index in [9.17, 15) is 0 Å². The van der Waals surface area contributed by atoms with E-state index in [1.54, 1.807) is 0 Å². The molecule has 0 saturated heterocycles. The van der Waals surface area contributed by atoms with Crippen LogP contribution in [0.3, 0.4) is 0 Å². The number of hydrogen-bond acceptors (Lipinski definition) is 2. The molecule has 0 nitrogen and oxygen atoms in total. The summed E-state index contributed by atoms with van der Waals surface area (Å²) in [7, 11) is 0. The Kier molecular flexibility index (Phi) is 3.75. The van der Waals surface area contributed by atoms with Gasteiger partial charge in [-0.25, -0.2) is 0 Å². The van der Waals surface area contributed by atoms with Crippen LogP contribution >= 0.6 is 25.3 Å². The fourth-order valence-corrected chi connectivity index (χ4v) is 1.91. The van der Waals surface area contributed by atoms with Gasteiger partial charge in [0.15, 0.2) is 0 Å². The lowest BCUT2D eigenvalue weighted by atomic mass is 10.1. The second-order valence-electron chi connectivity index (χ2n) is 3.45. The number of thiol groups is 2. The summed E-state index contributed by atoms with van der Waals surface area (Å²) < 4.78 is 0. The van der Waals surface area contributed by atoms with Gasteiger partial charge < -0.3 is 0 Å². The molecule has 2 aromatic carbocycles. The van der Waals surface area contributed by atoms with Crippen LogP contribution in [-0.4, -0.2) is 0 Å². The highest BCUT2D eigenvalue weighted by Crippen LogP contribution is 2.19. The molecule has 0 bridgehead atoms. The molecule has 0 fully saturated rings. The lowest BCUT2D eigenvalue weighted by Crippen LogP contribution is -1.76. The van der Waals surface area contributed by atoms with Crippen LogP contribution in [0.15, 0.2) is 58.3 Å². The SMILES string of the molecule is Sc1ccccc1C=Cc1ccccc1S. The molecule has 16 heavy (non-hydrogen) atoms. The molecular formula is C14H12S2. The third-order valence-electron chi connectivity index (χ3n) is 2.32. The molecule has 2 aromatic rings. The number of rotatable bonds is 2. The molecule has 0 unspecified atom stereocenters. The zero-order valence-electron chi connectivity index (χ0n) is 8.67. The van der Waals surface area contributed by atoms with E-state index in [1.807, 2.05) is 48.5 Å². The highest BCUT2D eigenvalue weighted by atomic mass is 32.1. The van der Waals surface area contributed by atoms with Crippen LogP contribution in [-0.2, 0) is 0 Å². The third-order valence-corrected chi connectivity index (χ3v) is 3.13. The molecule has 80 valence electrons. The van der Waals surface area contributed by atoms with Crippen molar-refractivity contribution in [1.29, 1.82) is 0 Å². The van der Waals surface area contributed by atoms with Crippen LogP contribution in [0.5, 0.6) is 0 Å². The van der Waals surface area contributed by atoms with Gasteiger partial charge in [-0.1, -0.05) is 48.6 Å². The smallest absolute Gasteiger partial charge is 0.0113 e. The Hall–Kier alpha value is -1.12. The summed E-state index contributed by atoms with van der Waals surface area (Å²) in [5.74, 6) is 0. The van der Waals surface area contributed by atoms with Crippen molar-refractivity contribution in [1.82, 2.24) is 0 Å². The van der Waals surface area contributed by atoms with Crippen molar-refractivity contribution in [2.75, 3.05) is 0 Å². The monoisotopic (exact) mass is 244 g/mol. The van der Waals surface area contributed by atoms with Crippen molar-refractivity contribution in [2.24, 2.45) is 0 Å². The molecule has 2 heteroatoms. The van der Waals surface area contributed by atoms with Gasteiger partial charge >= 0.3 is 0 Å². The topological polar surface area (TPSA) is 0 Å². The van der Waals surface area contributed by atoms with E-state index >= 15 is 0 Å². The van der Waals surface area contributed by atoms with Gasteiger partial charge in [0, 0.05) is 9.79 Å². The minimum atomic E-state index is 0.982. The second-order valence-corrected chi connectivity index (χ2v) is 4.41. The minimum Gasteiger partial charge on any atom is -0.143 e. The van der Waals surface area contributed by atoms with Gasteiger partial charge in [0.05, 0.1) is 0 Å². The molecule has 0 amide bonds. The van der Waals surface area contributed by atoms with Gasteiger partial charge in [0.2, 0.25) is 0 Å². The molecular weight excluding hydrogens is 232 g/mol. The quantitative estimate of drug-likeness (QED) is 0.566. The predicted octanol–water partition coefficient (Wildman–Crippen LogP) is 4.43. The Balaban J connectivity index is 2.29. The maximum atomic E-state index is 4.40. The maximum absolute atomic E-state index is 4.40. The molecule has 0 aliphatic carbocycles. The Morgan fingerprint density at radius 2 is 1.00 bits per heavy atom. The van der Waals surface area contributed by atoms with E-state index in [-0.39, 0.29) is 0 Å².